The van der Waals surface area contributed by atoms with Gasteiger partial charge in [0.25, 0.3) is 5.91 Å². The number of nitrogens with zero attached hydrogens (tertiary/aromatic N) is 2. The predicted molar refractivity (Wildman–Crippen MR) is 140 cm³/mol. The van der Waals surface area contributed by atoms with Gasteiger partial charge in [-0.05, 0) is 38.0 Å². The number of aryl methyl sites for hydroxylation is 2. The van der Waals surface area contributed by atoms with Crippen molar-refractivity contribution in [1.29, 1.82) is 0 Å². The monoisotopic (exact) mass is 702 g/mol. The normalized spacial score (nSPS) is 11.8. The van der Waals surface area contributed by atoms with Gasteiger partial charge in [-0.3, -0.25) is 9.78 Å². The molecule has 0 aliphatic carbocycles. The van der Waals surface area contributed by atoms with E-state index in [1.807, 2.05) is 32.9 Å². The minimum atomic E-state index is -5.08. The number of hydrogen-bond donors (Lipinski definition) is 5. The Balaban J connectivity index is 0.000000753. The first-order chi connectivity index (χ1) is 20.2. The fourth-order valence-corrected chi connectivity index (χ4v) is 3.84. The van der Waals surface area contributed by atoms with Crippen molar-refractivity contribution in [3.05, 3.63) is 51.2 Å². The lowest BCUT2D eigenvalue weighted by atomic mass is 10.1. The summed E-state index contributed by atoms with van der Waals surface area (Å²) in [5.41, 5.74) is 9.16. The van der Waals surface area contributed by atoms with Gasteiger partial charge in [-0.25, -0.2) is 19.4 Å². The first-order valence-electron chi connectivity index (χ1n) is 11.2. The molecule has 3 aromatic rings. The molecule has 0 saturated heterocycles. The third-order valence-electron chi connectivity index (χ3n) is 4.68. The molecule has 0 bridgehead atoms. The molecule has 250 valence electrons. The molecule has 1 atom stereocenters. The molecular weight excluding hydrogens is 683 g/mol. The van der Waals surface area contributed by atoms with Crippen molar-refractivity contribution in [3.63, 3.8) is 0 Å². The van der Waals surface area contributed by atoms with E-state index in [4.69, 9.17) is 47.0 Å². The quantitative estimate of drug-likeness (QED) is 0.204. The Hall–Kier alpha value is -4.40. The van der Waals surface area contributed by atoms with Crippen LogP contribution in [0.4, 0.5) is 45.2 Å². The molecule has 1 unspecified atom stereocenters. The van der Waals surface area contributed by atoms with Gasteiger partial charge in [-0.2, -0.15) is 39.5 Å². The van der Waals surface area contributed by atoms with Crippen LogP contribution in [0, 0.1) is 13.8 Å². The highest BCUT2D eigenvalue weighted by Gasteiger charge is 2.39. The molecule has 6 N–H and O–H groups in total. The van der Waals surface area contributed by atoms with Crippen LogP contribution in [0.25, 0.3) is 10.2 Å². The van der Waals surface area contributed by atoms with E-state index in [1.165, 1.54) is 11.3 Å². The van der Waals surface area contributed by atoms with Crippen molar-refractivity contribution in [3.8, 4) is 0 Å². The summed E-state index contributed by atoms with van der Waals surface area (Å²) in [4.78, 5) is 49.0. The Morgan fingerprint density at radius 2 is 1.33 bits per heavy atom. The van der Waals surface area contributed by atoms with Gasteiger partial charge in [0.1, 0.15) is 9.71 Å². The fourth-order valence-electron chi connectivity index (χ4n) is 2.60. The van der Waals surface area contributed by atoms with Gasteiger partial charge < -0.3 is 26.4 Å². The predicted octanol–water partition coefficient (Wildman–Crippen LogP) is 5.93. The highest BCUT2D eigenvalue weighted by atomic mass is 35.5. The van der Waals surface area contributed by atoms with E-state index in [-0.39, 0.29) is 11.9 Å². The molecular formula is C23H20ClF9N4O7S. The van der Waals surface area contributed by atoms with E-state index in [9.17, 15) is 44.3 Å². The number of carboxylic acid groups (broad SMARTS) is 3. The number of carbonyl (C=O) groups excluding carboxylic acids is 1. The molecule has 0 saturated carbocycles. The Morgan fingerprint density at radius 1 is 0.911 bits per heavy atom. The van der Waals surface area contributed by atoms with Crippen LogP contribution in [0.3, 0.4) is 0 Å². The third-order valence-corrected chi connectivity index (χ3v) is 6.34. The number of rotatable bonds is 3. The number of halogens is 10. The zero-order valence-corrected chi connectivity index (χ0v) is 24.1. The number of anilines is 1. The topological polar surface area (TPSA) is 193 Å². The maximum Gasteiger partial charge on any atom is 0.490 e. The lowest BCUT2D eigenvalue weighted by Crippen LogP contribution is -2.26. The average Bonchev–Trinajstić information content (AvgIpc) is 3.23. The Morgan fingerprint density at radius 3 is 1.69 bits per heavy atom. The van der Waals surface area contributed by atoms with Crippen LogP contribution < -0.4 is 11.1 Å². The van der Waals surface area contributed by atoms with Gasteiger partial charge in [0.15, 0.2) is 0 Å². The molecule has 0 fully saturated rings. The van der Waals surface area contributed by atoms with Crippen LogP contribution in [-0.2, 0) is 14.4 Å². The summed E-state index contributed by atoms with van der Waals surface area (Å²) in [6.45, 7) is 5.64. The first kappa shape index (κ1) is 40.6. The standard InChI is InChI=1S/C17H17ClN4OS.3C2HF3O2/c1-8-12-14(19)15(24-17(12)22-10(3)13(8)18)16(23)21-9(2)11-5-4-6-20-7-11;3*3-2(4,5)1(6)7/h4-7,9H,19H2,1-3H3,(H,21,23);3*(H,6,7). The summed E-state index contributed by atoms with van der Waals surface area (Å²) in [6, 6.07) is 3.58. The summed E-state index contributed by atoms with van der Waals surface area (Å²) in [7, 11) is 0. The lowest BCUT2D eigenvalue weighted by Gasteiger charge is -2.13. The van der Waals surface area contributed by atoms with E-state index in [1.54, 1.807) is 12.4 Å². The zero-order chi connectivity index (χ0) is 35.7. The SMILES string of the molecule is Cc1nc2sc(C(=O)NC(C)c3cccnc3)c(N)c2c(C)c1Cl.O=C(O)C(F)(F)F.O=C(O)C(F)(F)F.O=C(O)C(F)(F)F. The molecule has 0 aliphatic heterocycles. The minimum Gasteiger partial charge on any atom is -0.475 e. The number of aromatic nitrogens is 2. The van der Waals surface area contributed by atoms with E-state index >= 15 is 0 Å². The Bertz CT molecular complexity index is 1460. The number of hydrogen-bond acceptors (Lipinski definition) is 8. The number of nitrogens with two attached hydrogens (primary N) is 1. The molecule has 1 amide bonds. The summed E-state index contributed by atoms with van der Waals surface area (Å²) < 4.78 is 95.2. The summed E-state index contributed by atoms with van der Waals surface area (Å²) >= 11 is 7.54. The second kappa shape index (κ2) is 16.1. The second-order valence-corrected chi connectivity index (χ2v) is 9.43. The van der Waals surface area contributed by atoms with E-state index in [0.29, 0.717) is 15.6 Å². The van der Waals surface area contributed by atoms with Gasteiger partial charge in [-0.1, -0.05) is 17.7 Å². The van der Waals surface area contributed by atoms with Crippen molar-refractivity contribution < 1.29 is 74.0 Å². The number of amides is 1. The van der Waals surface area contributed by atoms with Crippen molar-refractivity contribution >= 4 is 62.7 Å². The summed E-state index contributed by atoms with van der Waals surface area (Å²) in [5.74, 6) is -8.49. The molecule has 22 heteroatoms. The van der Waals surface area contributed by atoms with Gasteiger partial charge >= 0.3 is 36.4 Å². The second-order valence-electron chi connectivity index (χ2n) is 8.05. The van der Waals surface area contributed by atoms with Crippen LogP contribution >= 0.6 is 22.9 Å². The van der Waals surface area contributed by atoms with Crippen molar-refractivity contribution in [1.82, 2.24) is 15.3 Å². The van der Waals surface area contributed by atoms with Crippen molar-refractivity contribution in [2.45, 2.75) is 45.3 Å². The molecule has 3 rings (SSSR count). The highest BCUT2D eigenvalue weighted by molar-refractivity contribution is 7.21. The molecule has 0 spiro atoms. The highest BCUT2D eigenvalue weighted by Crippen LogP contribution is 2.38. The number of fused-ring (bicyclic) bond motifs is 1. The largest absolute Gasteiger partial charge is 0.490 e. The van der Waals surface area contributed by atoms with Gasteiger partial charge in [0.2, 0.25) is 0 Å². The molecule has 0 aromatic carbocycles. The van der Waals surface area contributed by atoms with E-state index in [2.05, 4.69) is 15.3 Å². The third kappa shape index (κ3) is 13.0. The van der Waals surface area contributed by atoms with Crippen molar-refractivity contribution in [2.24, 2.45) is 0 Å². The summed E-state index contributed by atoms with van der Waals surface area (Å²) in [5, 5.41) is 25.7. The van der Waals surface area contributed by atoms with Crippen LogP contribution in [0.2, 0.25) is 5.02 Å². The molecule has 3 heterocycles. The number of pyridine rings is 2. The molecule has 3 aromatic heterocycles. The Labute approximate surface area is 254 Å². The van der Waals surface area contributed by atoms with Gasteiger partial charge in [-0.15, -0.1) is 11.3 Å². The number of carbonyl (C=O) groups is 4. The number of thiophene rings is 1. The van der Waals surface area contributed by atoms with Crippen LogP contribution in [-0.4, -0.2) is 67.6 Å². The molecule has 45 heavy (non-hydrogen) atoms. The number of alkyl halides is 9. The smallest absolute Gasteiger partial charge is 0.475 e. The fraction of sp³-hybridized carbons (Fsp3) is 0.304. The molecule has 11 nitrogen and oxygen atoms in total. The number of nitrogen functional groups attached to an aromatic ring is 1. The molecule has 0 aliphatic rings. The van der Waals surface area contributed by atoms with Gasteiger partial charge in [0, 0.05) is 17.8 Å². The number of nitrogens with one attached hydrogen (secondary N) is 1. The molecule has 0 radical (unpaired) electrons. The first-order valence-corrected chi connectivity index (χ1v) is 12.4. The Kier molecular flexibility index (Phi) is 14.5. The van der Waals surface area contributed by atoms with Gasteiger partial charge in [0.05, 0.1) is 22.4 Å². The van der Waals surface area contributed by atoms with Crippen LogP contribution in [0.15, 0.2) is 24.5 Å². The number of aliphatic carboxylic acids is 3. The van der Waals surface area contributed by atoms with Crippen LogP contribution in [0.5, 0.6) is 0 Å². The van der Waals surface area contributed by atoms with E-state index < -0.39 is 36.4 Å². The zero-order valence-electron chi connectivity index (χ0n) is 22.5. The lowest BCUT2D eigenvalue weighted by molar-refractivity contribution is -0.193. The van der Waals surface area contributed by atoms with Crippen LogP contribution in [0.1, 0.15) is 39.5 Å². The average molecular weight is 703 g/mol. The maximum absolute atomic E-state index is 12.6. The van der Waals surface area contributed by atoms with Crippen molar-refractivity contribution in [2.75, 3.05) is 5.73 Å². The van der Waals surface area contributed by atoms with E-state index in [0.717, 1.165) is 27.0 Å². The number of carboxylic acids is 3. The summed E-state index contributed by atoms with van der Waals surface area (Å²) in [6.07, 6.45) is -11.8. The maximum atomic E-state index is 12.6. The minimum absolute atomic E-state index is 0.171.